The van der Waals surface area contributed by atoms with E-state index in [2.05, 4.69) is 15.6 Å². The number of amides is 1. The highest BCUT2D eigenvalue weighted by Gasteiger charge is 2.25. The number of guanidine groups is 1. The molecule has 0 aromatic heterocycles. The Balaban J connectivity index is 2.71. The lowest BCUT2D eigenvalue weighted by molar-refractivity contribution is -0.142. The molecule has 0 heterocycles. The number of carbonyl (C=O) groups excluding carboxylic acids is 1. The number of nitrogens with zero attached hydrogens (tertiary/aromatic N) is 1. The van der Waals surface area contributed by atoms with Crippen LogP contribution >= 0.6 is 0 Å². The van der Waals surface area contributed by atoms with Crippen LogP contribution in [0.15, 0.2) is 35.3 Å². The molecule has 0 spiro atoms. The van der Waals surface area contributed by atoms with Gasteiger partial charge in [-0.2, -0.15) is 0 Å². The summed E-state index contributed by atoms with van der Waals surface area (Å²) in [5, 5.41) is 15.2. The van der Waals surface area contributed by atoms with Gasteiger partial charge >= 0.3 is 5.97 Å². The second-order valence-electron chi connectivity index (χ2n) is 6.41. The van der Waals surface area contributed by atoms with Gasteiger partial charge in [0.2, 0.25) is 5.91 Å². The summed E-state index contributed by atoms with van der Waals surface area (Å²) >= 11 is 0. The van der Waals surface area contributed by atoms with Crippen molar-refractivity contribution in [3.8, 4) is 0 Å². The highest BCUT2D eigenvalue weighted by molar-refractivity contribution is 5.87. The average Bonchev–Trinajstić information content (AvgIpc) is 2.57. The van der Waals surface area contributed by atoms with E-state index in [1.807, 2.05) is 44.2 Å². The molecule has 1 aromatic rings. The molecule has 144 valence electrons. The van der Waals surface area contributed by atoms with E-state index >= 15 is 0 Å². The molecule has 0 fully saturated rings. The van der Waals surface area contributed by atoms with Crippen molar-refractivity contribution in [2.45, 2.75) is 51.2 Å². The summed E-state index contributed by atoms with van der Waals surface area (Å²) in [6.45, 7) is 4.20. The first-order valence-corrected chi connectivity index (χ1v) is 8.68. The Kier molecular flexibility index (Phi) is 9.14. The minimum Gasteiger partial charge on any atom is -0.480 e. The van der Waals surface area contributed by atoms with Gasteiger partial charge in [0.1, 0.15) is 6.04 Å². The van der Waals surface area contributed by atoms with Crippen LogP contribution in [0, 0.1) is 0 Å². The summed E-state index contributed by atoms with van der Waals surface area (Å²) in [7, 11) is 0. The van der Waals surface area contributed by atoms with Crippen LogP contribution in [0.25, 0.3) is 0 Å². The van der Waals surface area contributed by atoms with Crippen molar-refractivity contribution in [1.29, 1.82) is 0 Å². The van der Waals surface area contributed by atoms with Gasteiger partial charge < -0.3 is 27.2 Å². The van der Waals surface area contributed by atoms with Gasteiger partial charge in [-0.3, -0.25) is 9.79 Å². The summed E-state index contributed by atoms with van der Waals surface area (Å²) in [6.07, 6.45) is 1.18. The van der Waals surface area contributed by atoms with Crippen molar-refractivity contribution in [2.75, 3.05) is 6.54 Å². The second kappa shape index (κ2) is 11.1. The number of carbonyl (C=O) groups is 2. The monoisotopic (exact) mass is 363 g/mol. The summed E-state index contributed by atoms with van der Waals surface area (Å²) in [4.78, 5) is 27.9. The Labute approximate surface area is 154 Å². The SMILES string of the molecule is CC(C)N[C@@H](Cc1ccccc1)C(=O)N[C@@H](CCCN=C(N)N)C(=O)O. The molecule has 0 radical (unpaired) electrons. The van der Waals surface area contributed by atoms with Crippen molar-refractivity contribution in [3.63, 3.8) is 0 Å². The normalized spacial score (nSPS) is 13.0. The lowest BCUT2D eigenvalue weighted by Gasteiger charge is -2.23. The minimum absolute atomic E-state index is 0.0371. The Bertz CT molecular complexity index is 600. The topological polar surface area (TPSA) is 143 Å². The third kappa shape index (κ3) is 8.48. The van der Waals surface area contributed by atoms with Crippen LogP contribution in [0.2, 0.25) is 0 Å². The zero-order valence-corrected chi connectivity index (χ0v) is 15.3. The molecule has 0 saturated carbocycles. The molecular formula is C18H29N5O3. The number of rotatable bonds is 11. The van der Waals surface area contributed by atoms with E-state index in [9.17, 15) is 14.7 Å². The maximum absolute atomic E-state index is 12.6. The number of hydrogen-bond donors (Lipinski definition) is 5. The van der Waals surface area contributed by atoms with E-state index in [1.165, 1.54) is 0 Å². The summed E-state index contributed by atoms with van der Waals surface area (Å²) in [5.41, 5.74) is 11.5. The molecule has 7 N–H and O–H groups in total. The number of aliphatic carboxylic acids is 1. The first kappa shape index (κ1) is 21.4. The molecule has 1 rings (SSSR count). The predicted octanol–water partition coefficient (Wildman–Crippen LogP) is 0.219. The summed E-state index contributed by atoms with van der Waals surface area (Å²) in [5.74, 6) is -1.45. The Hall–Kier alpha value is -2.61. The van der Waals surface area contributed by atoms with Crippen molar-refractivity contribution in [2.24, 2.45) is 16.5 Å². The zero-order valence-electron chi connectivity index (χ0n) is 15.3. The Morgan fingerprint density at radius 2 is 1.81 bits per heavy atom. The molecular weight excluding hydrogens is 334 g/mol. The largest absolute Gasteiger partial charge is 0.480 e. The molecule has 0 saturated heterocycles. The first-order valence-electron chi connectivity index (χ1n) is 8.68. The van der Waals surface area contributed by atoms with Crippen molar-refractivity contribution < 1.29 is 14.7 Å². The van der Waals surface area contributed by atoms with Crippen LogP contribution in [0.5, 0.6) is 0 Å². The lowest BCUT2D eigenvalue weighted by Crippen LogP contribution is -2.52. The van der Waals surface area contributed by atoms with E-state index in [0.717, 1.165) is 5.56 Å². The van der Waals surface area contributed by atoms with Gasteiger partial charge in [0, 0.05) is 12.6 Å². The summed E-state index contributed by atoms with van der Waals surface area (Å²) < 4.78 is 0. The van der Waals surface area contributed by atoms with Gasteiger partial charge in [0.25, 0.3) is 0 Å². The van der Waals surface area contributed by atoms with E-state index in [4.69, 9.17) is 11.5 Å². The molecule has 1 amide bonds. The van der Waals surface area contributed by atoms with Gasteiger partial charge in [-0.25, -0.2) is 4.79 Å². The Morgan fingerprint density at radius 3 is 2.35 bits per heavy atom. The molecule has 0 unspecified atom stereocenters. The number of benzene rings is 1. The molecule has 26 heavy (non-hydrogen) atoms. The fourth-order valence-corrected chi connectivity index (χ4v) is 2.51. The van der Waals surface area contributed by atoms with Crippen molar-refractivity contribution >= 4 is 17.8 Å². The second-order valence-corrected chi connectivity index (χ2v) is 6.41. The smallest absolute Gasteiger partial charge is 0.326 e. The van der Waals surface area contributed by atoms with Gasteiger partial charge in [-0.15, -0.1) is 0 Å². The number of carboxylic acids is 1. The van der Waals surface area contributed by atoms with E-state index < -0.39 is 18.1 Å². The standard InChI is InChI=1S/C18H29N5O3/c1-12(2)22-15(11-13-7-4-3-5-8-13)16(24)23-14(17(25)26)9-6-10-21-18(19)20/h3-5,7-8,12,14-15,22H,6,9-11H2,1-2H3,(H,23,24)(H,25,26)(H4,19,20,21)/t14-,15-/m0/s1. The predicted molar refractivity (Wildman–Crippen MR) is 102 cm³/mol. The summed E-state index contributed by atoms with van der Waals surface area (Å²) in [6, 6.07) is 8.18. The fourth-order valence-electron chi connectivity index (χ4n) is 2.51. The lowest BCUT2D eigenvalue weighted by atomic mass is 10.0. The highest BCUT2D eigenvalue weighted by Crippen LogP contribution is 2.06. The molecule has 0 aliphatic heterocycles. The maximum Gasteiger partial charge on any atom is 0.326 e. The van der Waals surface area contributed by atoms with E-state index in [0.29, 0.717) is 19.4 Å². The van der Waals surface area contributed by atoms with Gasteiger partial charge in [0.15, 0.2) is 5.96 Å². The van der Waals surface area contributed by atoms with Crippen LogP contribution in [-0.2, 0) is 16.0 Å². The number of nitrogens with one attached hydrogen (secondary N) is 2. The van der Waals surface area contributed by atoms with Gasteiger partial charge in [-0.1, -0.05) is 44.2 Å². The number of carboxylic acid groups (broad SMARTS) is 1. The van der Waals surface area contributed by atoms with Crippen LogP contribution in [-0.4, -0.2) is 47.6 Å². The van der Waals surface area contributed by atoms with Gasteiger partial charge in [-0.05, 0) is 24.8 Å². The molecule has 0 aliphatic carbocycles. The molecule has 0 bridgehead atoms. The minimum atomic E-state index is -1.08. The molecule has 8 nitrogen and oxygen atoms in total. The average molecular weight is 363 g/mol. The van der Waals surface area contributed by atoms with Crippen LogP contribution in [0.4, 0.5) is 0 Å². The van der Waals surface area contributed by atoms with E-state index in [1.54, 1.807) is 0 Å². The Morgan fingerprint density at radius 1 is 1.15 bits per heavy atom. The molecule has 8 heteroatoms. The first-order chi connectivity index (χ1) is 12.3. The molecule has 1 aromatic carbocycles. The van der Waals surface area contributed by atoms with Gasteiger partial charge in [0.05, 0.1) is 6.04 Å². The van der Waals surface area contributed by atoms with Crippen molar-refractivity contribution in [3.05, 3.63) is 35.9 Å². The zero-order chi connectivity index (χ0) is 19.5. The molecule has 2 atom stereocenters. The number of nitrogens with two attached hydrogens (primary N) is 2. The maximum atomic E-state index is 12.6. The van der Waals surface area contributed by atoms with Crippen LogP contribution in [0.3, 0.4) is 0 Å². The quantitative estimate of drug-likeness (QED) is 0.216. The van der Waals surface area contributed by atoms with Crippen LogP contribution in [0.1, 0.15) is 32.3 Å². The third-order valence-corrected chi connectivity index (χ3v) is 3.69. The van der Waals surface area contributed by atoms with E-state index in [-0.39, 0.29) is 24.3 Å². The molecule has 0 aliphatic rings. The highest BCUT2D eigenvalue weighted by atomic mass is 16.4. The fraction of sp³-hybridized carbons (Fsp3) is 0.500. The van der Waals surface area contributed by atoms with Crippen molar-refractivity contribution in [1.82, 2.24) is 10.6 Å². The third-order valence-electron chi connectivity index (χ3n) is 3.69. The van der Waals surface area contributed by atoms with Crippen LogP contribution < -0.4 is 22.1 Å². The number of hydrogen-bond acceptors (Lipinski definition) is 4. The number of aliphatic imine (C=N–C) groups is 1.